The van der Waals surface area contributed by atoms with Crippen molar-refractivity contribution in [2.24, 2.45) is 5.92 Å². The van der Waals surface area contributed by atoms with Crippen LogP contribution in [0.3, 0.4) is 0 Å². The van der Waals surface area contributed by atoms with Gasteiger partial charge in [0.2, 0.25) is 10.0 Å². The van der Waals surface area contributed by atoms with Crippen molar-refractivity contribution in [1.82, 2.24) is 4.31 Å². The van der Waals surface area contributed by atoms with E-state index < -0.39 is 10.0 Å². The fourth-order valence-electron chi connectivity index (χ4n) is 2.47. The summed E-state index contributed by atoms with van der Waals surface area (Å²) in [5.41, 5.74) is 0.931. The Labute approximate surface area is 120 Å². The van der Waals surface area contributed by atoms with Crippen molar-refractivity contribution in [2.45, 2.75) is 43.5 Å². The minimum atomic E-state index is -3.38. The topological polar surface area (TPSA) is 37.4 Å². The van der Waals surface area contributed by atoms with Crippen LogP contribution >= 0.6 is 11.6 Å². The molecule has 0 spiro atoms. The summed E-state index contributed by atoms with van der Waals surface area (Å²) in [7, 11) is -3.38. The van der Waals surface area contributed by atoms with Crippen LogP contribution in [0.4, 0.5) is 0 Å². The lowest BCUT2D eigenvalue weighted by Gasteiger charge is -2.35. The first-order valence-corrected chi connectivity index (χ1v) is 8.59. The average Bonchev–Trinajstić information content (AvgIpc) is 2.41. The molecule has 1 aromatic rings. The number of hydrogen-bond acceptors (Lipinski definition) is 2. The van der Waals surface area contributed by atoms with E-state index in [4.69, 9.17) is 11.6 Å². The average molecular weight is 302 g/mol. The molecule has 5 heteroatoms. The van der Waals surface area contributed by atoms with E-state index >= 15 is 0 Å². The summed E-state index contributed by atoms with van der Waals surface area (Å²) in [6.07, 6.45) is 2.03. The van der Waals surface area contributed by atoms with Gasteiger partial charge in [-0.05, 0) is 43.4 Å². The number of hydrogen-bond donors (Lipinski definition) is 0. The van der Waals surface area contributed by atoms with Crippen LogP contribution < -0.4 is 0 Å². The second-order valence-corrected chi connectivity index (χ2v) is 7.54. The van der Waals surface area contributed by atoms with Crippen molar-refractivity contribution in [1.29, 1.82) is 0 Å². The smallest absolute Gasteiger partial charge is 0.207 e. The second-order valence-electron chi connectivity index (χ2n) is 5.38. The molecule has 0 amide bonds. The lowest BCUT2D eigenvalue weighted by Crippen LogP contribution is -2.44. The third kappa shape index (κ3) is 3.12. The van der Waals surface area contributed by atoms with E-state index in [9.17, 15) is 8.42 Å². The molecule has 1 fully saturated rings. The fourth-order valence-corrected chi connectivity index (χ4v) is 4.43. The summed E-state index contributed by atoms with van der Waals surface area (Å²) in [5.74, 6) is 0.824. The summed E-state index contributed by atoms with van der Waals surface area (Å²) in [5, 5.41) is 0. The maximum Gasteiger partial charge on any atom is 0.243 e. The van der Waals surface area contributed by atoms with Crippen molar-refractivity contribution in [3.8, 4) is 0 Å². The van der Waals surface area contributed by atoms with Gasteiger partial charge in [-0.2, -0.15) is 4.31 Å². The zero-order chi connectivity index (χ0) is 14.0. The molecular formula is C14H20ClNO2S. The molecule has 1 heterocycles. The highest BCUT2D eigenvalue weighted by atomic mass is 35.5. The highest BCUT2D eigenvalue weighted by molar-refractivity contribution is 7.89. The lowest BCUT2D eigenvalue weighted by atomic mass is 9.97. The Balaban J connectivity index is 2.29. The molecule has 2 atom stereocenters. The molecule has 1 aromatic carbocycles. The van der Waals surface area contributed by atoms with Gasteiger partial charge in [0.1, 0.15) is 0 Å². The van der Waals surface area contributed by atoms with E-state index in [1.54, 1.807) is 28.6 Å². The number of piperidine rings is 1. The van der Waals surface area contributed by atoms with Crippen LogP contribution in [0.2, 0.25) is 0 Å². The third-order valence-electron chi connectivity index (χ3n) is 3.74. The normalized spacial score (nSPS) is 25.4. The Morgan fingerprint density at radius 3 is 2.42 bits per heavy atom. The van der Waals surface area contributed by atoms with Gasteiger partial charge in [0.25, 0.3) is 0 Å². The molecule has 1 aliphatic heterocycles. The number of sulfonamides is 1. The summed E-state index contributed by atoms with van der Waals surface area (Å²) in [6, 6.07) is 6.93. The molecule has 0 aromatic heterocycles. The van der Waals surface area contributed by atoms with Crippen molar-refractivity contribution in [2.75, 3.05) is 6.54 Å². The van der Waals surface area contributed by atoms with E-state index in [0.717, 1.165) is 18.4 Å². The van der Waals surface area contributed by atoms with E-state index in [2.05, 4.69) is 6.92 Å². The first-order chi connectivity index (χ1) is 8.95. The zero-order valence-electron chi connectivity index (χ0n) is 11.3. The number of benzene rings is 1. The third-order valence-corrected chi connectivity index (χ3v) is 6.05. The van der Waals surface area contributed by atoms with Crippen molar-refractivity contribution >= 4 is 21.6 Å². The maximum absolute atomic E-state index is 12.6. The summed E-state index contributed by atoms with van der Waals surface area (Å²) >= 11 is 5.72. The van der Waals surface area contributed by atoms with Gasteiger partial charge in [-0.3, -0.25) is 0 Å². The minimum Gasteiger partial charge on any atom is -0.207 e. The molecular weight excluding hydrogens is 282 g/mol. The molecule has 1 saturated heterocycles. The molecule has 106 valence electrons. The molecule has 0 bridgehead atoms. The molecule has 3 nitrogen and oxygen atoms in total. The van der Waals surface area contributed by atoms with Crippen LogP contribution in [0.25, 0.3) is 0 Å². The minimum absolute atomic E-state index is 0.0777. The molecule has 19 heavy (non-hydrogen) atoms. The summed E-state index contributed by atoms with van der Waals surface area (Å²) < 4.78 is 26.9. The first kappa shape index (κ1) is 14.8. The Kier molecular flexibility index (Phi) is 4.54. The number of nitrogens with zero attached hydrogens (tertiary/aromatic N) is 1. The number of halogens is 1. The Morgan fingerprint density at radius 2 is 1.84 bits per heavy atom. The predicted octanol–water partition coefficient (Wildman–Crippen LogP) is 3.23. The van der Waals surface area contributed by atoms with Crippen LogP contribution in [0.15, 0.2) is 29.2 Å². The van der Waals surface area contributed by atoms with Gasteiger partial charge in [0.15, 0.2) is 0 Å². The molecule has 1 aliphatic rings. The maximum atomic E-state index is 12.6. The van der Waals surface area contributed by atoms with Gasteiger partial charge in [0.05, 0.1) is 4.90 Å². The monoisotopic (exact) mass is 301 g/mol. The molecule has 0 N–H and O–H groups in total. The van der Waals surface area contributed by atoms with Crippen LogP contribution in [-0.2, 0) is 15.9 Å². The lowest BCUT2D eigenvalue weighted by molar-refractivity contribution is 0.218. The molecule has 0 radical (unpaired) electrons. The largest absolute Gasteiger partial charge is 0.243 e. The van der Waals surface area contributed by atoms with E-state index in [-0.39, 0.29) is 6.04 Å². The van der Waals surface area contributed by atoms with E-state index in [1.807, 2.05) is 6.92 Å². The van der Waals surface area contributed by atoms with Crippen molar-refractivity contribution < 1.29 is 8.42 Å². The summed E-state index contributed by atoms with van der Waals surface area (Å²) in [4.78, 5) is 0.363. The highest BCUT2D eigenvalue weighted by Crippen LogP contribution is 2.28. The second kappa shape index (κ2) is 5.81. The van der Waals surface area contributed by atoms with Crippen LogP contribution in [0.5, 0.6) is 0 Å². The summed E-state index contributed by atoms with van der Waals surface area (Å²) in [6.45, 7) is 4.70. The molecule has 2 rings (SSSR count). The van der Waals surface area contributed by atoms with Gasteiger partial charge in [-0.1, -0.05) is 19.1 Å². The highest BCUT2D eigenvalue weighted by Gasteiger charge is 2.33. The van der Waals surface area contributed by atoms with Gasteiger partial charge in [-0.15, -0.1) is 11.6 Å². The number of rotatable bonds is 3. The first-order valence-electron chi connectivity index (χ1n) is 6.62. The predicted molar refractivity (Wildman–Crippen MR) is 77.8 cm³/mol. The Bertz CT molecular complexity index is 527. The van der Waals surface area contributed by atoms with Gasteiger partial charge in [-0.25, -0.2) is 8.42 Å². The Hall–Kier alpha value is -0.580. The molecule has 2 unspecified atom stereocenters. The van der Waals surface area contributed by atoms with E-state index in [1.165, 1.54) is 0 Å². The van der Waals surface area contributed by atoms with Gasteiger partial charge in [0, 0.05) is 18.5 Å². The SMILES string of the molecule is CC1CCC(C)N(S(=O)(=O)c2ccc(CCl)cc2)C1. The van der Waals surface area contributed by atoms with Crippen LogP contribution in [0.1, 0.15) is 32.3 Å². The fraction of sp³-hybridized carbons (Fsp3) is 0.571. The standard InChI is InChI=1S/C14H20ClNO2S/c1-11-3-4-12(2)16(10-11)19(17,18)14-7-5-13(9-15)6-8-14/h5-8,11-12H,3-4,9-10H2,1-2H3. The molecule has 0 aliphatic carbocycles. The van der Waals surface area contributed by atoms with Crippen molar-refractivity contribution in [3.05, 3.63) is 29.8 Å². The van der Waals surface area contributed by atoms with Crippen LogP contribution in [-0.4, -0.2) is 25.3 Å². The molecule has 0 saturated carbocycles. The van der Waals surface area contributed by atoms with Gasteiger partial charge >= 0.3 is 0 Å². The van der Waals surface area contributed by atoms with Crippen molar-refractivity contribution in [3.63, 3.8) is 0 Å². The number of alkyl halides is 1. The zero-order valence-corrected chi connectivity index (χ0v) is 12.9. The quantitative estimate of drug-likeness (QED) is 0.804. The Morgan fingerprint density at radius 1 is 1.21 bits per heavy atom. The van der Waals surface area contributed by atoms with Crippen LogP contribution in [0, 0.1) is 5.92 Å². The van der Waals surface area contributed by atoms with Gasteiger partial charge < -0.3 is 0 Å². The van der Waals surface area contributed by atoms with E-state index in [0.29, 0.717) is 23.2 Å².